The van der Waals surface area contributed by atoms with Crippen LogP contribution in [0.1, 0.15) is 50.1 Å². The molecule has 28 heavy (non-hydrogen) atoms. The lowest BCUT2D eigenvalue weighted by Crippen LogP contribution is -2.61. The molecule has 1 aromatic carbocycles. The monoisotopic (exact) mass is 377 g/mol. The van der Waals surface area contributed by atoms with Gasteiger partial charge in [0, 0.05) is 36.1 Å². The number of fused-ring (bicyclic) bond motifs is 1. The fraction of sp³-hybridized carbons (Fsp3) is 0.591. The van der Waals surface area contributed by atoms with Crippen molar-refractivity contribution in [3.05, 3.63) is 30.0 Å². The van der Waals surface area contributed by atoms with Crippen LogP contribution in [0.3, 0.4) is 0 Å². The maximum Gasteiger partial charge on any atom is 0.226 e. The van der Waals surface area contributed by atoms with E-state index in [4.69, 9.17) is 5.73 Å². The second-order valence-corrected chi connectivity index (χ2v) is 9.15. The summed E-state index contributed by atoms with van der Waals surface area (Å²) in [6.07, 6.45) is 8.95. The first kappa shape index (κ1) is 16.7. The quantitative estimate of drug-likeness (QED) is 0.856. The fourth-order valence-corrected chi connectivity index (χ4v) is 5.14. The molecule has 3 aliphatic carbocycles. The summed E-state index contributed by atoms with van der Waals surface area (Å²) in [5.74, 6) is 2.22. The van der Waals surface area contributed by atoms with Crippen molar-refractivity contribution < 1.29 is 4.79 Å². The molecule has 1 amide bonds. The second kappa shape index (κ2) is 6.14. The van der Waals surface area contributed by atoms with Gasteiger partial charge in [0.25, 0.3) is 0 Å². The SMILES string of the molecule is Nc1ncc2c(C3C(C4CC4)NCC(C4CC4)N3C(=O)C3CC3)cccc2n1. The summed E-state index contributed by atoms with van der Waals surface area (Å²) >= 11 is 0. The summed E-state index contributed by atoms with van der Waals surface area (Å²) < 4.78 is 0. The fourth-order valence-electron chi connectivity index (χ4n) is 5.14. The van der Waals surface area contributed by atoms with Gasteiger partial charge in [0.15, 0.2) is 0 Å². The predicted octanol–water partition coefficient (Wildman–Crippen LogP) is 2.65. The van der Waals surface area contributed by atoms with E-state index in [9.17, 15) is 4.79 Å². The summed E-state index contributed by atoms with van der Waals surface area (Å²) in [5.41, 5.74) is 7.88. The van der Waals surface area contributed by atoms with Crippen molar-refractivity contribution in [2.75, 3.05) is 12.3 Å². The van der Waals surface area contributed by atoms with E-state index in [-0.39, 0.29) is 12.0 Å². The Hall–Kier alpha value is -2.21. The molecule has 0 bridgehead atoms. The molecule has 4 aliphatic rings. The first-order valence-corrected chi connectivity index (χ1v) is 10.8. The van der Waals surface area contributed by atoms with Crippen molar-refractivity contribution in [2.45, 2.75) is 56.7 Å². The molecule has 3 N–H and O–H groups in total. The number of carbonyl (C=O) groups excluding carboxylic acids is 1. The highest BCUT2D eigenvalue weighted by molar-refractivity contribution is 5.86. The normalized spacial score (nSPS) is 30.6. The largest absolute Gasteiger partial charge is 0.368 e. The zero-order chi connectivity index (χ0) is 18.8. The highest BCUT2D eigenvalue weighted by atomic mass is 16.2. The van der Waals surface area contributed by atoms with Crippen LogP contribution in [0.2, 0.25) is 0 Å². The minimum atomic E-state index is 0.0656. The minimum absolute atomic E-state index is 0.0656. The van der Waals surface area contributed by atoms with Crippen LogP contribution in [-0.2, 0) is 4.79 Å². The van der Waals surface area contributed by atoms with Gasteiger partial charge >= 0.3 is 0 Å². The lowest BCUT2D eigenvalue weighted by Gasteiger charge is -2.48. The minimum Gasteiger partial charge on any atom is -0.368 e. The molecular weight excluding hydrogens is 350 g/mol. The maximum atomic E-state index is 13.5. The molecule has 2 heterocycles. The molecule has 4 fully saturated rings. The molecule has 3 atom stereocenters. The van der Waals surface area contributed by atoms with Crippen molar-refractivity contribution in [3.63, 3.8) is 0 Å². The Kier molecular flexibility index (Phi) is 3.67. The van der Waals surface area contributed by atoms with Crippen molar-refractivity contribution in [2.24, 2.45) is 17.8 Å². The average molecular weight is 377 g/mol. The van der Waals surface area contributed by atoms with Gasteiger partial charge in [0.05, 0.1) is 11.6 Å². The van der Waals surface area contributed by atoms with Gasteiger partial charge in [0.2, 0.25) is 11.9 Å². The number of aromatic nitrogens is 2. The van der Waals surface area contributed by atoms with E-state index in [1.165, 1.54) is 31.2 Å². The van der Waals surface area contributed by atoms with Gasteiger partial charge in [-0.1, -0.05) is 12.1 Å². The van der Waals surface area contributed by atoms with E-state index in [0.717, 1.165) is 30.3 Å². The van der Waals surface area contributed by atoms with Crippen LogP contribution in [0.4, 0.5) is 5.95 Å². The number of anilines is 1. The van der Waals surface area contributed by atoms with Crippen LogP contribution in [0, 0.1) is 17.8 Å². The topological polar surface area (TPSA) is 84.1 Å². The average Bonchev–Trinajstić information content (AvgIpc) is 3.58. The Labute approximate surface area is 164 Å². The van der Waals surface area contributed by atoms with E-state index >= 15 is 0 Å². The van der Waals surface area contributed by atoms with Gasteiger partial charge in [-0.15, -0.1) is 0 Å². The number of nitrogens with one attached hydrogen (secondary N) is 1. The van der Waals surface area contributed by atoms with Crippen molar-refractivity contribution in [1.82, 2.24) is 20.2 Å². The van der Waals surface area contributed by atoms with Gasteiger partial charge in [-0.25, -0.2) is 9.97 Å². The summed E-state index contributed by atoms with van der Waals surface area (Å²) in [4.78, 5) is 24.5. The smallest absolute Gasteiger partial charge is 0.226 e. The van der Waals surface area contributed by atoms with Crippen molar-refractivity contribution >= 4 is 22.8 Å². The number of amides is 1. The van der Waals surface area contributed by atoms with Crippen LogP contribution in [-0.4, -0.2) is 39.4 Å². The second-order valence-electron chi connectivity index (χ2n) is 9.15. The molecule has 6 rings (SSSR count). The highest BCUT2D eigenvalue weighted by Crippen LogP contribution is 2.49. The standard InChI is InChI=1S/C22H27N5O/c23-22-25-10-16-15(2-1-3-17(16)26-22)20-19(13-6-7-13)24-11-18(12-4-5-12)27(20)21(28)14-8-9-14/h1-3,10,12-14,18-20,24H,4-9,11H2,(H2,23,25,26). The summed E-state index contributed by atoms with van der Waals surface area (Å²) in [5, 5.41) is 4.89. The van der Waals surface area contributed by atoms with Crippen LogP contribution >= 0.6 is 0 Å². The molecule has 1 saturated heterocycles. The molecule has 6 heteroatoms. The van der Waals surface area contributed by atoms with Crippen LogP contribution in [0.25, 0.3) is 10.9 Å². The summed E-state index contributed by atoms with van der Waals surface area (Å²) in [6, 6.07) is 6.92. The number of rotatable bonds is 4. The van der Waals surface area contributed by atoms with E-state index in [0.29, 0.717) is 35.8 Å². The molecular formula is C22H27N5O. The number of hydrogen-bond acceptors (Lipinski definition) is 5. The number of hydrogen-bond donors (Lipinski definition) is 2. The highest BCUT2D eigenvalue weighted by Gasteiger charge is 2.52. The van der Waals surface area contributed by atoms with Crippen molar-refractivity contribution in [3.8, 4) is 0 Å². The Bertz CT molecular complexity index is 934. The zero-order valence-corrected chi connectivity index (χ0v) is 16.1. The number of nitrogens with two attached hydrogens (primary N) is 1. The van der Waals surface area contributed by atoms with E-state index in [1.54, 1.807) is 0 Å². The molecule has 6 nitrogen and oxygen atoms in total. The molecule has 2 aromatic rings. The Balaban J connectivity index is 1.50. The van der Waals surface area contributed by atoms with Gasteiger partial charge in [-0.05, 0) is 62.0 Å². The summed E-state index contributed by atoms with van der Waals surface area (Å²) in [6.45, 7) is 0.939. The van der Waals surface area contributed by atoms with Crippen molar-refractivity contribution in [1.29, 1.82) is 0 Å². The molecule has 1 aliphatic heterocycles. The van der Waals surface area contributed by atoms with E-state index in [2.05, 4.69) is 32.3 Å². The van der Waals surface area contributed by atoms with Gasteiger partial charge < -0.3 is 16.0 Å². The Morgan fingerprint density at radius 2 is 1.89 bits per heavy atom. The molecule has 1 aromatic heterocycles. The molecule has 3 unspecified atom stereocenters. The zero-order valence-electron chi connectivity index (χ0n) is 16.1. The number of piperazine rings is 1. The maximum absolute atomic E-state index is 13.5. The Morgan fingerprint density at radius 1 is 1.11 bits per heavy atom. The Morgan fingerprint density at radius 3 is 2.61 bits per heavy atom. The van der Waals surface area contributed by atoms with E-state index in [1.807, 2.05) is 12.3 Å². The van der Waals surface area contributed by atoms with Crippen LogP contribution < -0.4 is 11.1 Å². The number of benzene rings is 1. The van der Waals surface area contributed by atoms with Gasteiger partial charge in [-0.3, -0.25) is 4.79 Å². The summed E-state index contributed by atoms with van der Waals surface area (Å²) in [7, 11) is 0. The molecule has 0 spiro atoms. The van der Waals surface area contributed by atoms with Crippen LogP contribution in [0.15, 0.2) is 24.4 Å². The van der Waals surface area contributed by atoms with Gasteiger partial charge in [0.1, 0.15) is 0 Å². The lowest BCUT2D eigenvalue weighted by atomic mass is 9.86. The predicted molar refractivity (Wildman–Crippen MR) is 107 cm³/mol. The first-order valence-electron chi connectivity index (χ1n) is 10.8. The lowest BCUT2D eigenvalue weighted by molar-refractivity contribution is -0.141. The number of nitrogens with zero attached hydrogens (tertiary/aromatic N) is 3. The van der Waals surface area contributed by atoms with Crippen LogP contribution in [0.5, 0.6) is 0 Å². The third kappa shape index (κ3) is 2.77. The molecule has 3 saturated carbocycles. The molecule has 146 valence electrons. The molecule has 0 radical (unpaired) electrons. The third-order valence-corrected chi connectivity index (χ3v) is 7.03. The number of nitrogen functional groups attached to an aromatic ring is 1. The van der Waals surface area contributed by atoms with E-state index < -0.39 is 0 Å². The first-order chi connectivity index (χ1) is 13.7. The van der Waals surface area contributed by atoms with Gasteiger partial charge in [-0.2, -0.15) is 0 Å². The number of carbonyl (C=O) groups is 1. The third-order valence-electron chi connectivity index (χ3n) is 7.03.